The van der Waals surface area contributed by atoms with E-state index in [2.05, 4.69) is 4.98 Å². The first-order valence-corrected chi connectivity index (χ1v) is 6.08. The summed E-state index contributed by atoms with van der Waals surface area (Å²) in [5, 5.41) is 0. The molecule has 2 aromatic rings. The van der Waals surface area contributed by atoms with Crippen molar-refractivity contribution >= 4 is 0 Å². The van der Waals surface area contributed by atoms with Crippen LogP contribution in [0.5, 0.6) is 0 Å². The van der Waals surface area contributed by atoms with E-state index in [1.807, 2.05) is 19.0 Å². The number of benzene rings is 1. The zero-order chi connectivity index (χ0) is 17.9. The van der Waals surface area contributed by atoms with Gasteiger partial charge in [0.05, 0.1) is 19.2 Å². The average molecular weight is 261 g/mol. The maximum absolute atomic E-state index is 8.14. The van der Waals surface area contributed by atoms with Gasteiger partial charge < -0.3 is 9.64 Å². The fourth-order valence-corrected chi connectivity index (χ4v) is 1.59. The van der Waals surface area contributed by atoms with Gasteiger partial charge in [-0.05, 0) is 31.8 Å². The van der Waals surface area contributed by atoms with Crippen molar-refractivity contribution < 1.29 is 11.6 Å². The Morgan fingerprint density at radius 1 is 1.26 bits per heavy atom. The van der Waals surface area contributed by atoms with Crippen LogP contribution in [-0.2, 0) is 4.74 Å². The van der Waals surface area contributed by atoms with E-state index in [0.717, 1.165) is 0 Å². The Morgan fingerprint density at radius 3 is 2.68 bits per heavy atom. The summed E-state index contributed by atoms with van der Waals surface area (Å²) in [4.78, 5) is 6.18. The van der Waals surface area contributed by atoms with Gasteiger partial charge in [-0.3, -0.25) is 4.98 Å². The van der Waals surface area contributed by atoms with Gasteiger partial charge in [-0.25, -0.2) is 0 Å². The second kappa shape index (κ2) is 7.02. The summed E-state index contributed by atoms with van der Waals surface area (Å²) in [5.74, 6) is 0. The second-order valence-corrected chi connectivity index (χ2v) is 4.35. The van der Waals surface area contributed by atoms with E-state index < -0.39 is 12.1 Å². The molecular weight excluding hydrogens is 236 g/mol. The van der Waals surface area contributed by atoms with Crippen molar-refractivity contribution in [1.29, 1.82) is 0 Å². The minimum absolute atomic E-state index is 0.110. The maximum Gasteiger partial charge on any atom is 0.124 e. The number of hydrogen-bond donors (Lipinski definition) is 0. The summed E-state index contributed by atoms with van der Waals surface area (Å²) in [5.41, 5.74) is 0.619. The summed E-state index contributed by atoms with van der Waals surface area (Å²) in [6.07, 6.45) is 0.771. The molecule has 0 aliphatic rings. The highest BCUT2D eigenvalue weighted by molar-refractivity contribution is 5.25. The maximum atomic E-state index is 8.14. The molecule has 0 unspecified atom stereocenters. The Balaban J connectivity index is 2.52. The van der Waals surface area contributed by atoms with Crippen molar-refractivity contribution in [2.24, 2.45) is 0 Å². The second-order valence-electron chi connectivity index (χ2n) is 4.35. The number of ether oxygens (including phenoxy) is 1. The van der Waals surface area contributed by atoms with Crippen molar-refractivity contribution in [1.82, 2.24) is 9.88 Å². The van der Waals surface area contributed by atoms with Gasteiger partial charge in [-0.15, -0.1) is 0 Å². The van der Waals surface area contributed by atoms with Crippen LogP contribution in [0.3, 0.4) is 0 Å². The van der Waals surface area contributed by atoms with Crippen LogP contribution in [-0.4, -0.2) is 37.1 Å². The molecule has 2 rings (SSSR count). The fraction of sp³-hybridized carbons (Fsp3) is 0.312. The predicted molar refractivity (Wildman–Crippen MR) is 77.0 cm³/mol. The lowest BCUT2D eigenvalue weighted by molar-refractivity contribution is 0.0662. The molecule has 0 amide bonds. The highest BCUT2D eigenvalue weighted by atomic mass is 16.5. The molecule has 0 radical (unpaired) electrons. The third kappa shape index (κ3) is 4.16. The van der Waals surface area contributed by atoms with E-state index in [0.29, 0.717) is 18.8 Å². The van der Waals surface area contributed by atoms with Crippen molar-refractivity contribution in [2.75, 3.05) is 27.2 Å². The molecule has 0 bridgehead atoms. The lowest BCUT2D eigenvalue weighted by atomic mass is 10.1. The van der Waals surface area contributed by atoms with E-state index in [1.165, 1.54) is 0 Å². The summed E-state index contributed by atoms with van der Waals surface area (Å²) in [6, 6.07) is 3.57. The Kier molecular flexibility index (Phi) is 3.13. The molecule has 0 saturated heterocycles. The number of hydrogen-bond acceptors (Lipinski definition) is 3. The smallest absolute Gasteiger partial charge is 0.124 e. The summed E-state index contributed by atoms with van der Waals surface area (Å²) < 4.78 is 45.6. The third-order valence-corrected chi connectivity index (χ3v) is 2.56. The molecule has 100 valence electrons. The number of likely N-dealkylation sites (N-methyl/N-ethyl adjacent to an activating group) is 1. The van der Waals surface area contributed by atoms with Crippen molar-refractivity contribution in [2.45, 2.75) is 6.10 Å². The standard InChI is InChI=1S/C16H20N2O/c1-18(2)12-13-19-16(14-8-4-3-5-9-14)15-10-6-7-11-17-15/h3-11,16H,12-13H2,1-2H3/t16-/m1/s1/i3D,4D,5D,8D,9D. The molecule has 0 fully saturated rings. The van der Waals surface area contributed by atoms with Crippen LogP contribution < -0.4 is 0 Å². The predicted octanol–water partition coefficient (Wildman–Crippen LogP) is 2.75. The van der Waals surface area contributed by atoms with E-state index in [1.54, 1.807) is 24.4 Å². The molecule has 3 heteroatoms. The average Bonchev–Trinajstić information content (AvgIpc) is 2.57. The van der Waals surface area contributed by atoms with Crippen molar-refractivity contribution in [3.63, 3.8) is 0 Å². The lowest BCUT2D eigenvalue weighted by Crippen LogP contribution is -2.20. The van der Waals surface area contributed by atoms with Crippen molar-refractivity contribution in [3.05, 3.63) is 65.9 Å². The van der Waals surface area contributed by atoms with Gasteiger partial charge in [0.1, 0.15) is 6.10 Å². The lowest BCUT2D eigenvalue weighted by Gasteiger charge is -2.19. The monoisotopic (exact) mass is 261 g/mol. The first-order chi connectivity index (χ1) is 11.3. The zero-order valence-corrected chi connectivity index (χ0v) is 11.1. The van der Waals surface area contributed by atoms with Gasteiger partial charge >= 0.3 is 0 Å². The highest BCUT2D eigenvalue weighted by Crippen LogP contribution is 2.23. The van der Waals surface area contributed by atoms with Gasteiger partial charge in [-0.2, -0.15) is 0 Å². The van der Waals surface area contributed by atoms with Crippen LogP contribution in [0.4, 0.5) is 0 Å². The van der Waals surface area contributed by atoms with E-state index in [-0.39, 0.29) is 29.7 Å². The Hall–Kier alpha value is -1.71. The summed E-state index contributed by atoms with van der Waals surface area (Å²) in [7, 11) is 3.81. The summed E-state index contributed by atoms with van der Waals surface area (Å²) in [6.45, 7) is 0.985. The molecule has 1 atom stereocenters. The number of aromatic nitrogens is 1. The number of pyridine rings is 1. The zero-order valence-electron chi connectivity index (χ0n) is 16.1. The molecule has 3 nitrogen and oxygen atoms in total. The Bertz CT molecular complexity index is 680. The molecule has 0 aliphatic heterocycles. The molecule has 1 heterocycles. The molecule has 0 spiro atoms. The van der Waals surface area contributed by atoms with E-state index in [4.69, 9.17) is 11.6 Å². The van der Waals surface area contributed by atoms with Crippen LogP contribution >= 0.6 is 0 Å². The molecule has 19 heavy (non-hydrogen) atoms. The molecule has 1 aromatic carbocycles. The van der Waals surface area contributed by atoms with Crippen LogP contribution in [0, 0.1) is 0 Å². The molecule has 0 aliphatic carbocycles. The minimum Gasteiger partial charge on any atom is -0.366 e. The summed E-state index contributed by atoms with van der Waals surface area (Å²) >= 11 is 0. The first-order valence-electron chi connectivity index (χ1n) is 8.58. The van der Waals surface area contributed by atoms with Crippen LogP contribution in [0.15, 0.2) is 54.6 Å². The minimum atomic E-state index is -0.819. The normalized spacial score (nSPS) is 16.3. The van der Waals surface area contributed by atoms with Crippen LogP contribution in [0.25, 0.3) is 0 Å². The largest absolute Gasteiger partial charge is 0.366 e. The van der Waals surface area contributed by atoms with Gasteiger partial charge in [0.15, 0.2) is 0 Å². The molecule has 0 saturated carbocycles. The van der Waals surface area contributed by atoms with Gasteiger partial charge in [0.25, 0.3) is 0 Å². The van der Waals surface area contributed by atoms with Gasteiger partial charge in [-0.1, -0.05) is 36.3 Å². The van der Waals surface area contributed by atoms with Crippen LogP contribution in [0.1, 0.15) is 24.2 Å². The van der Waals surface area contributed by atoms with Crippen LogP contribution in [0.2, 0.25) is 0 Å². The number of nitrogens with zero attached hydrogens (tertiary/aromatic N) is 2. The fourth-order valence-electron chi connectivity index (χ4n) is 1.59. The van der Waals surface area contributed by atoms with Gasteiger partial charge in [0, 0.05) is 12.7 Å². The molecule has 0 N–H and O–H groups in total. The first kappa shape index (κ1) is 8.46. The Morgan fingerprint density at radius 2 is 2.05 bits per heavy atom. The van der Waals surface area contributed by atoms with Gasteiger partial charge in [0.2, 0.25) is 0 Å². The topological polar surface area (TPSA) is 25.4 Å². The van der Waals surface area contributed by atoms with Crippen molar-refractivity contribution in [3.8, 4) is 0 Å². The van der Waals surface area contributed by atoms with E-state index in [9.17, 15) is 0 Å². The SMILES string of the molecule is [2H]c1c([2H])c([2H])c([C@@H](OCCN(C)C)c2ccccn2)c([2H])c1[2H]. The molecular formula is C16H20N2O. The number of rotatable bonds is 6. The quantitative estimate of drug-likeness (QED) is 0.799. The third-order valence-electron chi connectivity index (χ3n) is 2.56. The Labute approximate surface area is 121 Å². The highest BCUT2D eigenvalue weighted by Gasteiger charge is 2.15. The molecule has 1 aromatic heterocycles. The van der Waals surface area contributed by atoms with E-state index >= 15 is 0 Å².